The van der Waals surface area contributed by atoms with Crippen LogP contribution in [0.5, 0.6) is 0 Å². The Labute approximate surface area is 151 Å². The van der Waals surface area contributed by atoms with E-state index in [0.29, 0.717) is 11.5 Å². The minimum absolute atomic E-state index is 0.0720. The molecule has 0 aliphatic rings. The number of carbonyl (C=O) groups is 1. The lowest BCUT2D eigenvalue weighted by Crippen LogP contribution is -2.38. The van der Waals surface area contributed by atoms with Crippen molar-refractivity contribution in [2.75, 3.05) is 0 Å². The van der Waals surface area contributed by atoms with Gasteiger partial charge in [0.2, 0.25) is 0 Å². The number of nitrogens with one attached hydrogen (secondary N) is 1. The summed E-state index contributed by atoms with van der Waals surface area (Å²) in [6, 6.07) is 2.10. The van der Waals surface area contributed by atoms with E-state index in [-0.39, 0.29) is 22.8 Å². The van der Waals surface area contributed by atoms with Gasteiger partial charge in [-0.3, -0.25) is 4.79 Å². The van der Waals surface area contributed by atoms with E-state index in [9.17, 15) is 4.79 Å². The summed E-state index contributed by atoms with van der Waals surface area (Å²) in [7, 11) is 0. The Morgan fingerprint density at radius 3 is 2.16 bits per heavy atom. The van der Waals surface area contributed by atoms with Gasteiger partial charge in [-0.2, -0.15) is 5.10 Å². The zero-order valence-electron chi connectivity index (χ0n) is 17.1. The molecule has 2 aromatic rings. The van der Waals surface area contributed by atoms with Crippen molar-refractivity contribution in [3.8, 4) is 0 Å². The number of amides is 1. The van der Waals surface area contributed by atoms with Gasteiger partial charge in [0, 0.05) is 29.1 Å². The summed E-state index contributed by atoms with van der Waals surface area (Å²) in [5.41, 5.74) is 2.92. The number of carbonyl (C=O) groups excluding carboxylic acids is 1. The molecule has 25 heavy (non-hydrogen) atoms. The van der Waals surface area contributed by atoms with E-state index < -0.39 is 0 Å². The van der Waals surface area contributed by atoms with Crippen molar-refractivity contribution < 1.29 is 4.79 Å². The Hall–Kier alpha value is -1.91. The molecule has 0 aliphatic carbocycles. The number of aromatic nitrogens is 3. The smallest absolute Gasteiger partial charge is 0.254 e. The molecule has 0 saturated carbocycles. The molecule has 1 atom stereocenters. The largest absolute Gasteiger partial charge is 0.349 e. The van der Waals surface area contributed by atoms with Gasteiger partial charge in [-0.05, 0) is 12.8 Å². The molecule has 0 aromatic carbocycles. The van der Waals surface area contributed by atoms with Crippen molar-refractivity contribution >= 4 is 11.6 Å². The average Bonchev–Trinajstić information content (AvgIpc) is 2.88. The molecule has 0 fully saturated rings. The second-order valence-electron chi connectivity index (χ2n) is 9.33. The second-order valence-corrected chi connectivity index (χ2v) is 9.33. The highest BCUT2D eigenvalue weighted by Crippen LogP contribution is 2.29. The van der Waals surface area contributed by atoms with Gasteiger partial charge < -0.3 is 5.32 Å². The predicted molar refractivity (Wildman–Crippen MR) is 102 cm³/mol. The van der Waals surface area contributed by atoms with Gasteiger partial charge >= 0.3 is 0 Å². The zero-order chi connectivity index (χ0) is 19.2. The van der Waals surface area contributed by atoms with Crippen molar-refractivity contribution in [2.45, 2.75) is 79.2 Å². The fourth-order valence-corrected chi connectivity index (χ4v) is 2.64. The van der Waals surface area contributed by atoms with Gasteiger partial charge in [0.25, 0.3) is 5.91 Å². The number of hydrogen-bond acceptors (Lipinski definition) is 3. The van der Waals surface area contributed by atoms with Crippen LogP contribution in [0.15, 0.2) is 12.3 Å². The quantitative estimate of drug-likeness (QED) is 0.912. The maximum Gasteiger partial charge on any atom is 0.254 e. The van der Waals surface area contributed by atoms with Gasteiger partial charge in [-0.25, -0.2) is 9.50 Å². The molecule has 0 spiro atoms. The number of nitrogens with zero attached hydrogens (tertiary/aromatic N) is 3. The first kappa shape index (κ1) is 19.4. The van der Waals surface area contributed by atoms with Crippen molar-refractivity contribution in [3.05, 3.63) is 29.2 Å². The molecule has 0 bridgehead atoms. The molecular weight excluding hydrogens is 312 g/mol. The van der Waals surface area contributed by atoms with Gasteiger partial charge in [-0.1, -0.05) is 55.4 Å². The first-order valence-electron chi connectivity index (χ1n) is 9.03. The Balaban J connectivity index is 2.63. The average molecular weight is 345 g/mol. The molecule has 0 saturated heterocycles. The Morgan fingerprint density at radius 2 is 1.68 bits per heavy atom. The van der Waals surface area contributed by atoms with Gasteiger partial charge in [-0.15, -0.1) is 0 Å². The van der Waals surface area contributed by atoms with Crippen LogP contribution in [0, 0.1) is 5.92 Å². The van der Waals surface area contributed by atoms with Crippen LogP contribution in [0.4, 0.5) is 0 Å². The van der Waals surface area contributed by atoms with Crippen LogP contribution in [0.2, 0.25) is 0 Å². The SMILES string of the molecule is CC(C)C(C)NC(=O)c1cnc2cc(C(C)(C)C)nn2c1C(C)(C)C. The van der Waals surface area contributed by atoms with Crippen molar-refractivity contribution in [1.29, 1.82) is 0 Å². The number of rotatable bonds is 3. The molecule has 0 aliphatic heterocycles. The summed E-state index contributed by atoms with van der Waals surface area (Å²) in [6.45, 7) is 18.9. The van der Waals surface area contributed by atoms with E-state index in [2.05, 4.69) is 65.7 Å². The van der Waals surface area contributed by atoms with Crippen LogP contribution in [0.3, 0.4) is 0 Å². The summed E-state index contributed by atoms with van der Waals surface area (Å²) in [6.07, 6.45) is 1.69. The van der Waals surface area contributed by atoms with Crippen LogP contribution in [-0.2, 0) is 10.8 Å². The second kappa shape index (κ2) is 6.43. The minimum atomic E-state index is -0.240. The van der Waals surface area contributed by atoms with E-state index in [1.54, 1.807) is 6.20 Å². The molecule has 5 heteroatoms. The minimum Gasteiger partial charge on any atom is -0.349 e. The summed E-state index contributed by atoms with van der Waals surface area (Å²) in [5, 5.41) is 7.87. The standard InChI is InChI=1S/C20H32N4O/c1-12(2)13(3)22-18(25)14-11-21-16-10-15(19(4,5)6)23-24(16)17(14)20(7,8)9/h10-13H,1-9H3,(H,22,25). The zero-order valence-corrected chi connectivity index (χ0v) is 17.1. The molecule has 2 aromatic heterocycles. The first-order chi connectivity index (χ1) is 11.3. The Kier molecular flexibility index (Phi) is 4.99. The summed E-state index contributed by atoms with van der Waals surface area (Å²) in [5.74, 6) is 0.282. The fraction of sp³-hybridized carbons (Fsp3) is 0.650. The van der Waals surface area contributed by atoms with E-state index in [1.165, 1.54) is 0 Å². The molecular formula is C20H32N4O. The molecule has 138 valence electrons. The number of fused-ring (bicyclic) bond motifs is 1. The molecule has 5 nitrogen and oxygen atoms in total. The van der Waals surface area contributed by atoms with E-state index in [4.69, 9.17) is 5.10 Å². The van der Waals surface area contributed by atoms with Crippen LogP contribution >= 0.6 is 0 Å². The van der Waals surface area contributed by atoms with Gasteiger partial charge in [0.05, 0.1) is 17.0 Å². The summed E-state index contributed by atoms with van der Waals surface area (Å²) >= 11 is 0. The maximum absolute atomic E-state index is 12.9. The van der Waals surface area contributed by atoms with Crippen LogP contribution < -0.4 is 5.32 Å². The lowest BCUT2D eigenvalue weighted by Gasteiger charge is -2.24. The highest BCUT2D eigenvalue weighted by Gasteiger charge is 2.29. The highest BCUT2D eigenvalue weighted by atomic mass is 16.1. The monoisotopic (exact) mass is 344 g/mol. The van der Waals surface area contributed by atoms with Crippen molar-refractivity contribution in [3.63, 3.8) is 0 Å². The number of hydrogen-bond donors (Lipinski definition) is 1. The molecule has 1 amide bonds. The first-order valence-corrected chi connectivity index (χ1v) is 9.03. The Bertz CT molecular complexity index is 775. The lowest BCUT2D eigenvalue weighted by molar-refractivity contribution is 0.0927. The maximum atomic E-state index is 12.9. The van der Waals surface area contributed by atoms with Crippen molar-refractivity contribution in [2.24, 2.45) is 5.92 Å². The summed E-state index contributed by atoms with van der Waals surface area (Å²) < 4.78 is 1.84. The van der Waals surface area contributed by atoms with E-state index in [1.807, 2.05) is 17.5 Å². The predicted octanol–water partition coefficient (Wildman–Crippen LogP) is 4.10. The fourth-order valence-electron chi connectivity index (χ4n) is 2.64. The van der Waals surface area contributed by atoms with E-state index >= 15 is 0 Å². The molecule has 1 unspecified atom stereocenters. The van der Waals surface area contributed by atoms with E-state index in [0.717, 1.165) is 17.0 Å². The van der Waals surface area contributed by atoms with Gasteiger partial charge in [0.1, 0.15) is 0 Å². The van der Waals surface area contributed by atoms with Crippen molar-refractivity contribution in [1.82, 2.24) is 19.9 Å². The molecule has 2 heterocycles. The van der Waals surface area contributed by atoms with Crippen LogP contribution in [0.1, 0.15) is 84.1 Å². The third kappa shape index (κ3) is 4.02. The highest BCUT2D eigenvalue weighted by molar-refractivity contribution is 5.95. The molecule has 2 rings (SSSR count). The third-order valence-electron chi connectivity index (χ3n) is 4.57. The third-order valence-corrected chi connectivity index (χ3v) is 4.57. The molecule has 0 radical (unpaired) electrons. The summed E-state index contributed by atoms with van der Waals surface area (Å²) in [4.78, 5) is 17.4. The van der Waals surface area contributed by atoms with Crippen LogP contribution in [0.25, 0.3) is 5.65 Å². The Morgan fingerprint density at radius 1 is 1.08 bits per heavy atom. The van der Waals surface area contributed by atoms with Crippen LogP contribution in [-0.4, -0.2) is 26.5 Å². The topological polar surface area (TPSA) is 59.3 Å². The molecule has 1 N–H and O–H groups in total. The lowest BCUT2D eigenvalue weighted by atomic mass is 9.88. The van der Waals surface area contributed by atoms with Gasteiger partial charge in [0.15, 0.2) is 5.65 Å². The normalized spacial score (nSPS) is 14.2.